The highest BCUT2D eigenvalue weighted by atomic mass is 32.2. The Labute approximate surface area is 122 Å². The third-order valence-corrected chi connectivity index (χ3v) is 3.86. The zero-order valence-electron chi connectivity index (χ0n) is 11.7. The first kappa shape index (κ1) is 14.6. The van der Waals surface area contributed by atoms with E-state index in [1.165, 1.54) is 11.8 Å². The molecule has 0 bridgehead atoms. The second-order valence-corrected chi connectivity index (χ2v) is 5.74. The average molecular weight is 291 g/mol. The van der Waals surface area contributed by atoms with E-state index in [1.54, 1.807) is 18.6 Å². The highest BCUT2D eigenvalue weighted by Crippen LogP contribution is 2.28. The number of thioether (sulfide) groups is 1. The Morgan fingerprint density at radius 3 is 2.80 bits per heavy atom. The summed E-state index contributed by atoms with van der Waals surface area (Å²) in [4.78, 5) is 19.3. The number of hydrogen-bond acceptors (Lipinski definition) is 4. The summed E-state index contributed by atoms with van der Waals surface area (Å²) >= 11 is 1.22. The highest BCUT2D eigenvalue weighted by Gasteiger charge is 2.17. The van der Waals surface area contributed by atoms with Gasteiger partial charge in [-0.3, -0.25) is 14.3 Å². The maximum atomic E-state index is 10.8. The minimum absolute atomic E-state index is 0.00609. The number of hydrogen-bond donors (Lipinski definition) is 1. The SMILES string of the molecule is Cc1ccncc1-n1c(C(C)C)cnc1SCC(=O)O. The van der Waals surface area contributed by atoms with Gasteiger partial charge in [0.25, 0.3) is 0 Å². The largest absolute Gasteiger partial charge is 0.481 e. The van der Waals surface area contributed by atoms with Crippen molar-refractivity contribution in [3.63, 3.8) is 0 Å². The van der Waals surface area contributed by atoms with E-state index in [0.29, 0.717) is 11.1 Å². The monoisotopic (exact) mass is 291 g/mol. The van der Waals surface area contributed by atoms with Crippen molar-refractivity contribution in [3.8, 4) is 5.69 Å². The average Bonchev–Trinajstić information content (AvgIpc) is 2.80. The first-order valence-electron chi connectivity index (χ1n) is 6.34. The van der Waals surface area contributed by atoms with Gasteiger partial charge < -0.3 is 5.11 Å². The summed E-state index contributed by atoms with van der Waals surface area (Å²) in [6.07, 6.45) is 5.34. The lowest BCUT2D eigenvalue weighted by atomic mass is 10.1. The summed E-state index contributed by atoms with van der Waals surface area (Å²) in [6, 6.07) is 1.94. The molecule has 5 nitrogen and oxygen atoms in total. The number of aromatic nitrogens is 3. The molecule has 2 heterocycles. The molecule has 20 heavy (non-hydrogen) atoms. The Kier molecular flexibility index (Phi) is 4.44. The van der Waals surface area contributed by atoms with E-state index in [9.17, 15) is 4.79 Å². The van der Waals surface area contributed by atoms with Crippen LogP contribution in [0.4, 0.5) is 0 Å². The van der Waals surface area contributed by atoms with E-state index in [-0.39, 0.29) is 5.75 Å². The lowest BCUT2D eigenvalue weighted by Crippen LogP contribution is -2.07. The number of carboxylic acids is 1. The van der Waals surface area contributed by atoms with Gasteiger partial charge in [-0.2, -0.15) is 0 Å². The minimum atomic E-state index is -0.849. The molecule has 0 unspecified atom stereocenters. The number of rotatable bonds is 5. The van der Waals surface area contributed by atoms with Crippen molar-refractivity contribution in [2.75, 3.05) is 5.75 Å². The fourth-order valence-corrected chi connectivity index (χ4v) is 2.63. The molecule has 0 saturated carbocycles. The van der Waals surface area contributed by atoms with E-state index in [0.717, 1.165) is 16.9 Å². The lowest BCUT2D eigenvalue weighted by molar-refractivity contribution is -0.133. The van der Waals surface area contributed by atoms with E-state index < -0.39 is 5.97 Å². The Morgan fingerprint density at radius 2 is 2.20 bits per heavy atom. The summed E-state index contributed by atoms with van der Waals surface area (Å²) in [5, 5.41) is 9.52. The first-order chi connectivity index (χ1) is 9.50. The van der Waals surface area contributed by atoms with Gasteiger partial charge in [-0.15, -0.1) is 0 Å². The third-order valence-electron chi connectivity index (χ3n) is 2.93. The lowest BCUT2D eigenvalue weighted by Gasteiger charge is -2.15. The molecule has 2 aromatic heterocycles. The van der Waals surface area contributed by atoms with E-state index >= 15 is 0 Å². The quantitative estimate of drug-likeness (QED) is 0.858. The molecule has 2 aromatic rings. The fraction of sp³-hybridized carbons (Fsp3) is 0.357. The number of carboxylic acid groups (broad SMARTS) is 1. The summed E-state index contributed by atoms with van der Waals surface area (Å²) in [7, 11) is 0. The predicted octanol–water partition coefficient (Wildman–Crippen LogP) is 2.88. The maximum Gasteiger partial charge on any atom is 0.313 e. The summed E-state index contributed by atoms with van der Waals surface area (Å²) in [5.74, 6) is -0.562. The Balaban J connectivity index is 2.50. The minimum Gasteiger partial charge on any atom is -0.481 e. The Bertz CT molecular complexity index is 623. The highest BCUT2D eigenvalue weighted by molar-refractivity contribution is 7.99. The van der Waals surface area contributed by atoms with Crippen LogP contribution in [-0.2, 0) is 4.79 Å². The Hall–Kier alpha value is -1.82. The number of nitrogens with zero attached hydrogens (tertiary/aromatic N) is 3. The van der Waals surface area contributed by atoms with Crippen LogP contribution in [-0.4, -0.2) is 31.4 Å². The molecule has 0 saturated heterocycles. The van der Waals surface area contributed by atoms with Gasteiger partial charge in [-0.25, -0.2) is 4.98 Å². The van der Waals surface area contributed by atoms with E-state index in [2.05, 4.69) is 23.8 Å². The van der Waals surface area contributed by atoms with Crippen LogP contribution in [0.15, 0.2) is 29.8 Å². The van der Waals surface area contributed by atoms with Crippen molar-refractivity contribution in [3.05, 3.63) is 35.9 Å². The number of imidazole rings is 1. The van der Waals surface area contributed by atoms with Gasteiger partial charge in [-0.1, -0.05) is 25.6 Å². The van der Waals surface area contributed by atoms with Crippen molar-refractivity contribution in [1.82, 2.24) is 14.5 Å². The maximum absolute atomic E-state index is 10.8. The Morgan fingerprint density at radius 1 is 1.45 bits per heavy atom. The molecule has 0 atom stereocenters. The molecule has 6 heteroatoms. The van der Waals surface area contributed by atoms with Crippen LogP contribution in [0.1, 0.15) is 31.0 Å². The molecular weight excluding hydrogens is 274 g/mol. The van der Waals surface area contributed by atoms with Gasteiger partial charge in [0.2, 0.25) is 0 Å². The van der Waals surface area contributed by atoms with Crippen molar-refractivity contribution in [2.45, 2.75) is 31.8 Å². The van der Waals surface area contributed by atoms with E-state index in [4.69, 9.17) is 5.11 Å². The summed E-state index contributed by atoms with van der Waals surface area (Å²) in [5.41, 5.74) is 3.08. The van der Waals surface area contributed by atoms with Crippen molar-refractivity contribution in [2.24, 2.45) is 0 Å². The molecule has 0 radical (unpaired) electrons. The molecule has 0 amide bonds. The van der Waals surface area contributed by atoms with Crippen LogP contribution in [0, 0.1) is 6.92 Å². The smallest absolute Gasteiger partial charge is 0.313 e. The molecule has 2 rings (SSSR count). The molecular formula is C14H17N3O2S. The number of pyridine rings is 1. The van der Waals surface area contributed by atoms with Crippen LogP contribution in [0.25, 0.3) is 5.69 Å². The number of aliphatic carboxylic acids is 1. The third kappa shape index (κ3) is 3.01. The molecule has 1 N–H and O–H groups in total. The second-order valence-electron chi connectivity index (χ2n) is 4.80. The molecule has 0 aliphatic rings. The van der Waals surface area contributed by atoms with Crippen molar-refractivity contribution >= 4 is 17.7 Å². The predicted molar refractivity (Wildman–Crippen MR) is 78.5 cm³/mol. The number of carbonyl (C=O) groups is 1. The van der Waals surface area contributed by atoms with Crippen LogP contribution in [0.3, 0.4) is 0 Å². The van der Waals surface area contributed by atoms with Crippen LogP contribution < -0.4 is 0 Å². The van der Waals surface area contributed by atoms with Gasteiger partial charge in [-0.05, 0) is 24.5 Å². The van der Waals surface area contributed by atoms with Gasteiger partial charge >= 0.3 is 5.97 Å². The molecule has 0 fully saturated rings. The fourth-order valence-electron chi connectivity index (χ4n) is 1.91. The van der Waals surface area contributed by atoms with Gasteiger partial charge in [0, 0.05) is 11.9 Å². The zero-order chi connectivity index (χ0) is 14.7. The molecule has 0 aliphatic carbocycles. The zero-order valence-corrected chi connectivity index (χ0v) is 12.5. The van der Waals surface area contributed by atoms with Gasteiger partial charge in [0.1, 0.15) is 0 Å². The second kappa shape index (κ2) is 6.09. The van der Waals surface area contributed by atoms with Crippen molar-refractivity contribution in [1.29, 1.82) is 0 Å². The summed E-state index contributed by atoms with van der Waals surface area (Å²) < 4.78 is 2.00. The number of aryl methyl sites for hydroxylation is 1. The normalized spacial score (nSPS) is 11.0. The molecule has 106 valence electrons. The van der Waals surface area contributed by atoms with Gasteiger partial charge in [0.05, 0.1) is 23.8 Å². The molecule has 0 aliphatic heterocycles. The molecule has 0 spiro atoms. The van der Waals surface area contributed by atoms with Crippen LogP contribution >= 0.6 is 11.8 Å². The van der Waals surface area contributed by atoms with Crippen molar-refractivity contribution < 1.29 is 9.90 Å². The standard InChI is InChI=1S/C14H17N3O2S/c1-9(2)11-7-16-14(20-8-13(18)19)17(11)12-6-15-5-4-10(12)3/h4-7,9H,8H2,1-3H3,(H,18,19). The first-order valence-corrected chi connectivity index (χ1v) is 7.32. The van der Waals surface area contributed by atoms with Crippen LogP contribution in [0.5, 0.6) is 0 Å². The topological polar surface area (TPSA) is 68.0 Å². The van der Waals surface area contributed by atoms with E-state index in [1.807, 2.05) is 17.6 Å². The van der Waals surface area contributed by atoms with Crippen LogP contribution in [0.2, 0.25) is 0 Å². The molecule has 0 aromatic carbocycles. The van der Waals surface area contributed by atoms with Gasteiger partial charge in [0.15, 0.2) is 5.16 Å². The summed E-state index contributed by atoms with van der Waals surface area (Å²) in [6.45, 7) is 6.18.